The van der Waals surface area contributed by atoms with Crippen molar-refractivity contribution in [3.63, 3.8) is 0 Å². The van der Waals surface area contributed by atoms with Crippen molar-refractivity contribution >= 4 is 23.4 Å². The number of amides is 1. The number of carbonyl (C=O) groups excluding carboxylic acids is 1. The van der Waals surface area contributed by atoms with Crippen molar-refractivity contribution < 1.29 is 18.1 Å². The summed E-state index contributed by atoms with van der Waals surface area (Å²) >= 11 is 0.451. The zero-order valence-corrected chi connectivity index (χ0v) is 14.0. The van der Waals surface area contributed by atoms with Crippen LogP contribution in [0.3, 0.4) is 0 Å². The summed E-state index contributed by atoms with van der Waals surface area (Å²) in [4.78, 5) is 12.6. The first-order valence-corrected chi connectivity index (χ1v) is 8.29. The molecule has 0 spiro atoms. The third kappa shape index (κ3) is 4.45. The van der Waals surface area contributed by atoms with E-state index in [-0.39, 0.29) is 5.69 Å². The molecule has 0 atom stereocenters. The first kappa shape index (κ1) is 17.2. The van der Waals surface area contributed by atoms with E-state index in [1.807, 2.05) is 31.2 Å². The van der Waals surface area contributed by atoms with Crippen LogP contribution in [0.1, 0.15) is 16.1 Å². The lowest BCUT2D eigenvalue weighted by Gasteiger charge is -2.04. The van der Waals surface area contributed by atoms with E-state index in [2.05, 4.69) is 10.5 Å². The van der Waals surface area contributed by atoms with Crippen molar-refractivity contribution in [3.8, 4) is 11.3 Å². The van der Waals surface area contributed by atoms with Crippen molar-refractivity contribution in [3.05, 3.63) is 65.9 Å². The van der Waals surface area contributed by atoms with E-state index in [1.54, 1.807) is 18.2 Å². The highest BCUT2D eigenvalue weighted by atomic mass is 32.2. The first-order chi connectivity index (χ1) is 12.0. The monoisotopic (exact) mass is 360 g/mol. The molecular weight excluding hydrogens is 346 g/mol. The van der Waals surface area contributed by atoms with Gasteiger partial charge in [0, 0.05) is 22.2 Å². The molecule has 0 saturated heterocycles. The molecule has 25 heavy (non-hydrogen) atoms. The molecule has 1 heterocycles. The predicted octanol–water partition coefficient (Wildman–Crippen LogP) is 5.22. The fraction of sp³-hybridized carbons (Fsp3) is 0.111. The third-order valence-electron chi connectivity index (χ3n) is 3.42. The molecule has 7 heteroatoms. The Hall–Kier alpha value is -2.67. The highest BCUT2D eigenvalue weighted by Crippen LogP contribution is 2.26. The number of nitrogens with one attached hydrogen (secondary N) is 1. The van der Waals surface area contributed by atoms with Gasteiger partial charge < -0.3 is 9.84 Å². The molecule has 0 unspecified atom stereocenters. The van der Waals surface area contributed by atoms with Crippen LogP contribution in [-0.4, -0.2) is 16.8 Å². The number of hydrogen-bond acceptors (Lipinski definition) is 4. The minimum atomic E-state index is -2.48. The first-order valence-electron chi connectivity index (χ1n) is 7.41. The molecule has 3 aromatic rings. The van der Waals surface area contributed by atoms with Crippen molar-refractivity contribution in [2.75, 3.05) is 5.32 Å². The summed E-state index contributed by atoms with van der Waals surface area (Å²) in [5, 5.41) is 6.43. The SMILES string of the molecule is Cc1ccc(-c2cc(C(=O)Nc3ccc(SC(F)F)cc3)no2)cc1. The van der Waals surface area contributed by atoms with E-state index in [1.165, 1.54) is 12.1 Å². The van der Waals surface area contributed by atoms with Crippen LogP contribution in [0.15, 0.2) is 64.0 Å². The number of carbonyl (C=O) groups is 1. The van der Waals surface area contributed by atoms with E-state index < -0.39 is 11.7 Å². The van der Waals surface area contributed by atoms with E-state index in [0.717, 1.165) is 11.1 Å². The van der Waals surface area contributed by atoms with Crippen molar-refractivity contribution in [1.29, 1.82) is 0 Å². The Morgan fingerprint density at radius 3 is 2.44 bits per heavy atom. The van der Waals surface area contributed by atoms with E-state index >= 15 is 0 Å². The summed E-state index contributed by atoms with van der Waals surface area (Å²) in [7, 11) is 0. The molecule has 0 aliphatic heterocycles. The van der Waals surface area contributed by atoms with Gasteiger partial charge in [-0.25, -0.2) is 0 Å². The highest BCUT2D eigenvalue weighted by Gasteiger charge is 2.14. The summed E-state index contributed by atoms with van der Waals surface area (Å²) in [5.41, 5.74) is 2.57. The van der Waals surface area contributed by atoms with Gasteiger partial charge in [-0.05, 0) is 31.2 Å². The van der Waals surface area contributed by atoms with Gasteiger partial charge in [0.1, 0.15) is 0 Å². The number of thioether (sulfide) groups is 1. The average molecular weight is 360 g/mol. The fourth-order valence-electron chi connectivity index (χ4n) is 2.15. The molecule has 0 aliphatic rings. The van der Waals surface area contributed by atoms with Gasteiger partial charge >= 0.3 is 0 Å². The number of anilines is 1. The van der Waals surface area contributed by atoms with Crippen LogP contribution in [0.25, 0.3) is 11.3 Å². The normalized spacial score (nSPS) is 10.9. The van der Waals surface area contributed by atoms with E-state index in [4.69, 9.17) is 4.52 Å². The van der Waals surface area contributed by atoms with Crippen LogP contribution in [0.5, 0.6) is 0 Å². The minimum absolute atomic E-state index is 0.140. The lowest BCUT2D eigenvalue weighted by molar-refractivity contribution is 0.101. The molecule has 1 aromatic heterocycles. The van der Waals surface area contributed by atoms with Crippen LogP contribution in [0.2, 0.25) is 0 Å². The van der Waals surface area contributed by atoms with Crippen molar-refractivity contribution in [2.24, 2.45) is 0 Å². The maximum Gasteiger partial charge on any atom is 0.288 e. The van der Waals surface area contributed by atoms with Gasteiger partial charge in [-0.2, -0.15) is 8.78 Å². The molecule has 0 radical (unpaired) electrons. The number of alkyl halides is 2. The molecule has 2 aromatic carbocycles. The summed E-state index contributed by atoms with van der Waals surface area (Å²) < 4.78 is 29.8. The maximum atomic E-state index is 12.3. The van der Waals surface area contributed by atoms with Gasteiger partial charge in [0.15, 0.2) is 11.5 Å². The number of aryl methyl sites for hydroxylation is 1. The van der Waals surface area contributed by atoms with E-state index in [9.17, 15) is 13.6 Å². The number of nitrogens with zero attached hydrogens (tertiary/aromatic N) is 1. The zero-order valence-electron chi connectivity index (χ0n) is 13.2. The Bertz CT molecular complexity index is 862. The lowest BCUT2D eigenvalue weighted by Crippen LogP contribution is -2.11. The largest absolute Gasteiger partial charge is 0.355 e. The second kappa shape index (κ2) is 7.48. The second-order valence-electron chi connectivity index (χ2n) is 5.30. The Labute approximate surface area is 147 Å². The molecule has 1 N–H and O–H groups in total. The smallest absolute Gasteiger partial charge is 0.288 e. The number of halogens is 2. The van der Waals surface area contributed by atoms with Gasteiger partial charge in [-0.1, -0.05) is 46.7 Å². The Morgan fingerprint density at radius 1 is 1.12 bits per heavy atom. The molecule has 0 saturated carbocycles. The Morgan fingerprint density at radius 2 is 1.80 bits per heavy atom. The predicted molar refractivity (Wildman–Crippen MR) is 92.9 cm³/mol. The minimum Gasteiger partial charge on any atom is -0.355 e. The van der Waals surface area contributed by atoms with Crippen LogP contribution in [0, 0.1) is 6.92 Å². The molecule has 0 aliphatic carbocycles. The van der Waals surface area contributed by atoms with Crippen molar-refractivity contribution in [2.45, 2.75) is 17.6 Å². The lowest BCUT2D eigenvalue weighted by atomic mass is 10.1. The topological polar surface area (TPSA) is 55.1 Å². The standard InChI is InChI=1S/C18H14F2N2O2S/c1-11-2-4-12(5-3-11)16-10-15(22-24-16)17(23)21-13-6-8-14(9-7-13)25-18(19)20/h2-10,18H,1H3,(H,21,23). The van der Waals surface area contributed by atoms with Crippen LogP contribution < -0.4 is 5.32 Å². The van der Waals surface area contributed by atoms with Gasteiger partial charge in [0.25, 0.3) is 11.7 Å². The maximum absolute atomic E-state index is 12.3. The fourth-order valence-corrected chi connectivity index (χ4v) is 2.65. The molecule has 0 fully saturated rings. The Balaban J connectivity index is 1.68. The summed E-state index contributed by atoms with van der Waals surface area (Å²) in [6, 6.07) is 15.4. The van der Waals surface area contributed by atoms with E-state index in [0.29, 0.717) is 28.1 Å². The third-order valence-corrected chi connectivity index (χ3v) is 4.14. The molecular formula is C18H14F2N2O2S. The Kier molecular flexibility index (Phi) is 5.14. The number of benzene rings is 2. The summed E-state index contributed by atoms with van der Waals surface area (Å²) in [6.07, 6.45) is 0. The molecule has 128 valence electrons. The number of rotatable bonds is 5. The second-order valence-corrected chi connectivity index (χ2v) is 6.36. The quantitative estimate of drug-likeness (QED) is 0.634. The van der Waals surface area contributed by atoms with Gasteiger partial charge in [-0.3, -0.25) is 4.79 Å². The molecule has 3 rings (SSSR count). The highest BCUT2D eigenvalue weighted by molar-refractivity contribution is 7.99. The van der Waals surface area contributed by atoms with Crippen molar-refractivity contribution in [1.82, 2.24) is 5.16 Å². The van der Waals surface area contributed by atoms with Crippen LogP contribution in [0.4, 0.5) is 14.5 Å². The molecule has 4 nitrogen and oxygen atoms in total. The summed E-state index contributed by atoms with van der Waals surface area (Å²) in [5.74, 6) is -2.42. The number of hydrogen-bond donors (Lipinski definition) is 1. The van der Waals surface area contributed by atoms with Gasteiger partial charge in [0.05, 0.1) is 0 Å². The van der Waals surface area contributed by atoms with Crippen LogP contribution in [-0.2, 0) is 0 Å². The molecule has 1 amide bonds. The summed E-state index contributed by atoms with van der Waals surface area (Å²) in [6.45, 7) is 1.98. The number of aromatic nitrogens is 1. The van der Waals surface area contributed by atoms with Gasteiger partial charge in [0.2, 0.25) is 0 Å². The zero-order chi connectivity index (χ0) is 17.8. The molecule has 0 bridgehead atoms. The van der Waals surface area contributed by atoms with Crippen LogP contribution >= 0.6 is 11.8 Å². The van der Waals surface area contributed by atoms with Gasteiger partial charge in [-0.15, -0.1) is 0 Å². The average Bonchev–Trinajstić information content (AvgIpc) is 3.07.